The van der Waals surface area contributed by atoms with Gasteiger partial charge >= 0.3 is 0 Å². The number of fused-ring (bicyclic) bond motifs is 1. The molecule has 0 aliphatic heterocycles. The molecule has 1 aromatic carbocycles. The van der Waals surface area contributed by atoms with Gasteiger partial charge in [0.05, 0.1) is 0 Å². The maximum absolute atomic E-state index is 9.52. The smallest absolute Gasteiger partial charge is 0.115 e. The second kappa shape index (κ2) is 5.29. The standard InChI is InChI=1S/C15H23NO2/c1-15(2,10-17)9-16-14-5-3-4-11-8-12(18)6-7-13(11)14/h6-8,14,16-18H,3-5,9-10H2,1-2H3. The molecule has 3 N–H and O–H groups in total. The Hall–Kier alpha value is -1.06. The monoisotopic (exact) mass is 249 g/mol. The summed E-state index contributed by atoms with van der Waals surface area (Å²) in [6.07, 6.45) is 3.32. The molecule has 0 saturated heterocycles. The molecule has 1 aliphatic rings. The minimum absolute atomic E-state index is 0.0888. The minimum Gasteiger partial charge on any atom is -0.508 e. The number of hydrogen-bond donors (Lipinski definition) is 3. The molecule has 0 heterocycles. The molecule has 0 radical (unpaired) electrons. The van der Waals surface area contributed by atoms with Crippen LogP contribution < -0.4 is 5.32 Å². The van der Waals surface area contributed by atoms with Crippen LogP contribution in [0.1, 0.15) is 43.9 Å². The third-order valence-corrected chi connectivity index (χ3v) is 3.70. The van der Waals surface area contributed by atoms with Crippen LogP contribution in [0.5, 0.6) is 5.75 Å². The number of aromatic hydroxyl groups is 1. The van der Waals surface area contributed by atoms with Crippen LogP contribution in [0.3, 0.4) is 0 Å². The van der Waals surface area contributed by atoms with Crippen molar-refractivity contribution < 1.29 is 10.2 Å². The highest BCUT2D eigenvalue weighted by molar-refractivity contribution is 5.38. The van der Waals surface area contributed by atoms with E-state index in [0.29, 0.717) is 11.8 Å². The first-order valence-electron chi connectivity index (χ1n) is 6.68. The number of benzene rings is 1. The van der Waals surface area contributed by atoms with Crippen LogP contribution in [-0.4, -0.2) is 23.4 Å². The Bertz CT molecular complexity index is 415. The van der Waals surface area contributed by atoms with Gasteiger partial charge in [0.1, 0.15) is 5.75 Å². The predicted octanol–water partition coefficient (Wildman–Crippen LogP) is 2.38. The lowest BCUT2D eigenvalue weighted by Gasteiger charge is -2.30. The van der Waals surface area contributed by atoms with E-state index in [4.69, 9.17) is 0 Å². The van der Waals surface area contributed by atoms with E-state index in [0.717, 1.165) is 25.8 Å². The van der Waals surface area contributed by atoms with Crippen LogP contribution in [0.25, 0.3) is 0 Å². The molecule has 0 amide bonds. The van der Waals surface area contributed by atoms with E-state index in [1.807, 2.05) is 12.1 Å². The zero-order chi connectivity index (χ0) is 13.2. The highest BCUT2D eigenvalue weighted by Gasteiger charge is 2.23. The quantitative estimate of drug-likeness (QED) is 0.768. The van der Waals surface area contributed by atoms with E-state index in [9.17, 15) is 10.2 Å². The molecule has 0 aromatic heterocycles. The van der Waals surface area contributed by atoms with Gasteiger partial charge in [0.2, 0.25) is 0 Å². The van der Waals surface area contributed by atoms with Crippen LogP contribution in [0.4, 0.5) is 0 Å². The number of nitrogens with one attached hydrogen (secondary N) is 1. The van der Waals surface area contributed by atoms with Gasteiger partial charge in [-0.3, -0.25) is 0 Å². The average Bonchev–Trinajstić information content (AvgIpc) is 2.36. The number of phenolic OH excluding ortho intramolecular Hbond substituents is 1. The Morgan fingerprint density at radius 1 is 1.39 bits per heavy atom. The molecule has 0 spiro atoms. The van der Waals surface area contributed by atoms with E-state index in [-0.39, 0.29) is 12.0 Å². The molecule has 3 nitrogen and oxygen atoms in total. The van der Waals surface area contributed by atoms with Crippen molar-refractivity contribution in [3.05, 3.63) is 29.3 Å². The molecule has 0 bridgehead atoms. The lowest BCUT2D eigenvalue weighted by molar-refractivity contribution is 0.152. The second-order valence-corrected chi connectivity index (χ2v) is 6.03. The second-order valence-electron chi connectivity index (χ2n) is 6.03. The van der Waals surface area contributed by atoms with Crippen molar-refractivity contribution in [2.45, 2.75) is 39.2 Å². The van der Waals surface area contributed by atoms with Crippen molar-refractivity contribution in [2.24, 2.45) is 5.41 Å². The van der Waals surface area contributed by atoms with Crippen molar-refractivity contribution in [3.63, 3.8) is 0 Å². The molecular weight excluding hydrogens is 226 g/mol. The van der Waals surface area contributed by atoms with Gasteiger partial charge in [0.25, 0.3) is 0 Å². The van der Waals surface area contributed by atoms with E-state index in [1.165, 1.54) is 11.1 Å². The molecular formula is C15H23NO2. The fourth-order valence-electron chi connectivity index (χ4n) is 2.47. The Balaban J connectivity index is 2.08. The SMILES string of the molecule is CC(C)(CO)CNC1CCCc2cc(O)ccc21. The summed E-state index contributed by atoms with van der Waals surface area (Å²) in [6, 6.07) is 6.00. The largest absolute Gasteiger partial charge is 0.508 e. The molecule has 1 aromatic rings. The Kier molecular flexibility index (Phi) is 3.93. The van der Waals surface area contributed by atoms with Gasteiger partial charge in [0, 0.05) is 24.6 Å². The molecule has 2 rings (SSSR count). The number of aliphatic hydroxyl groups excluding tert-OH is 1. The number of rotatable bonds is 4. The van der Waals surface area contributed by atoms with Crippen LogP contribution in [-0.2, 0) is 6.42 Å². The van der Waals surface area contributed by atoms with E-state index >= 15 is 0 Å². The molecule has 100 valence electrons. The maximum atomic E-state index is 9.52. The molecule has 0 saturated carbocycles. The van der Waals surface area contributed by atoms with Crippen molar-refractivity contribution in [1.29, 1.82) is 0 Å². The Morgan fingerprint density at radius 3 is 2.89 bits per heavy atom. The summed E-state index contributed by atoms with van der Waals surface area (Å²) in [6.45, 7) is 5.10. The Labute approximate surface area is 109 Å². The highest BCUT2D eigenvalue weighted by atomic mass is 16.3. The predicted molar refractivity (Wildman–Crippen MR) is 72.7 cm³/mol. The van der Waals surface area contributed by atoms with Crippen LogP contribution >= 0.6 is 0 Å². The van der Waals surface area contributed by atoms with Crippen molar-refractivity contribution in [1.82, 2.24) is 5.32 Å². The Morgan fingerprint density at radius 2 is 2.17 bits per heavy atom. The fraction of sp³-hybridized carbons (Fsp3) is 0.600. The van der Waals surface area contributed by atoms with Gasteiger partial charge in [-0.2, -0.15) is 0 Å². The van der Waals surface area contributed by atoms with Crippen LogP contribution in [0, 0.1) is 5.41 Å². The first-order chi connectivity index (χ1) is 8.52. The first-order valence-corrected chi connectivity index (χ1v) is 6.68. The molecule has 3 heteroatoms. The van der Waals surface area contributed by atoms with Crippen LogP contribution in [0.2, 0.25) is 0 Å². The number of aliphatic hydroxyl groups is 1. The lowest BCUT2D eigenvalue weighted by Crippen LogP contribution is -2.35. The third kappa shape index (κ3) is 3.03. The number of aryl methyl sites for hydroxylation is 1. The van der Waals surface area contributed by atoms with Gasteiger partial charge in [-0.25, -0.2) is 0 Å². The summed E-state index contributed by atoms with van der Waals surface area (Å²) in [5.74, 6) is 0.352. The third-order valence-electron chi connectivity index (χ3n) is 3.70. The summed E-state index contributed by atoms with van der Waals surface area (Å²) in [5, 5.41) is 22.3. The van der Waals surface area contributed by atoms with Gasteiger partial charge in [-0.15, -0.1) is 0 Å². The van der Waals surface area contributed by atoms with Gasteiger partial charge in [0.15, 0.2) is 0 Å². The van der Waals surface area contributed by atoms with E-state index in [1.54, 1.807) is 6.07 Å². The molecule has 18 heavy (non-hydrogen) atoms. The normalized spacial score (nSPS) is 19.6. The van der Waals surface area contributed by atoms with Crippen molar-refractivity contribution >= 4 is 0 Å². The summed E-state index contributed by atoms with van der Waals surface area (Å²) < 4.78 is 0. The minimum atomic E-state index is -0.0888. The van der Waals surface area contributed by atoms with Crippen molar-refractivity contribution in [3.8, 4) is 5.75 Å². The highest BCUT2D eigenvalue weighted by Crippen LogP contribution is 2.32. The molecule has 1 unspecified atom stereocenters. The topological polar surface area (TPSA) is 52.5 Å². The van der Waals surface area contributed by atoms with E-state index in [2.05, 4.69) is 19.2 Å². The maximum Gasteiger partial charge on any atom is 0.115 e. The van der Waals surface area contributed by atoms with Crippen LogP contribution in [0.15, 0.2) is 18.2 Å². The van der Waals surface area contributed by atoms with Gasteiger partial charge in [-0.05, 0) is 42.5 Å². The zero-order valence-corrected chi connectivity index (χ0v) is 11.2. The fourth-order valence-corrected chi connectivity index (χ4v) is 2.47. The summed E-state index contributed by atoms with van der Waals surface area (Å²) in [7, 11) is 0. The number of hydrogen-bond acceptors (Lipinski definition) is 3. The molecule has 1 atom stereocenters. The molecule has 1 aliphatic carbocycles. The van der Waals surface area contributed by atoms with Crippen molar-refractivity contribution in [2.75, 3.05) is 13.2 Å². The number of phenols is 1. The van der Waals surface area contributed by atoms with Gasteiger partial charge < -0.3 is 15.5 Å². The lowest BCUT2D eigenvalue weighted by atomic mass is 9.86. The average molecular weight is 249 g/mol. The van der Waals surface area contributed by atoms with Gasteiger partial charge in [-0.1, -0.05) is 19.9 Å². The zero-order valence-electron chi connectivity index (χ0n) is 11.2. The first kappa shape index (κ1) is 13.4. The molecule has 0 fully saturated rings. The summed E-state index contributed by atoms with van der Waals surface area (Å²) >= 11 is 0. The summed E-state index contributed by atoms with van der Waals surface area (Å²) in [5.41, 5.74) is 2.46. The summed E-state index contributed by atoms with van der Waals surface area (Å²) in [4.78, 5) is 0. The van der Waals surface area contributed by atoms with E-state index < -0.39 is 0 Å².